The topological polar surface area (TPSA) is 49.4 Å². The van der Waals surface area contributed by atoms with Crippen LogP contribution < -0.4 is 5.32 Å². The van der Waals surface area contributed by atoms with Crippen LogP contribution in [-0.2, 0) is 21.9 Å². The number of nitrogens with zero attached hydrogens (tertiary/aromatic N) is 1. The highest BCUT2D eigenvalue weighted by molar-refractivity contribution is 9.10. The molecule has 7 heteroatoms. The Bertz CT molecular complexity index is 868. The highest BCUT2D eigenvalue weighted by Gasteiger charge is 2.28. The predicted molar refractivity (Wildman–Crippen MR) is 130 cm³/mol. The Balaban J connectivity index is 2.10. The molecular weight excluding hydrogens is 484 g/mol. The highest BCUT2D eigenvalue weighted by Crippen LogP contribution is 2.21. The zero-order valence-electron chi connectivity index (χ0n) is 17.7. The normalized spacial score (nSPS) is 12.3. The van der Waals surface area contributed by atoms with Gasteiger partial charge in [-0.1, -0.05) is 57.9 Å². The lowest BCUT2D eigenvalue weighted by molar-refractivity contribution is -0.139. The van der Waals surface area contributed by atoms with Gasteiger partial charge in [-0.2, -0.15) is 0 Å². The van der Waals surface area contributed by atoms with Crippen LogP contribution in [0.5, 0.6) is 0 Å². The number of thioether (sulfide) groups is 1. The number of benzene rings is 2. The molecule has 0 aromatic heterocycles. The Hall–Kier alpha value is -1.50. The Labute approximate surface area is 196 Å². The van der Waals surface area contributed by atoms with Crippen LogP contribution in [0.25, 0.3) is 0 Å². The lowest BCUT2D eigenvalue weighted by Crippen LogP contribution is -2.52. The molecule has 0 bridgehead atoms. The van der Waals surface area contributed by atoms with Crippen LogP contribution >= 0.6 is 39.3 Å². The summed E-state index contributed by atoms with van der Waals surface area (Å²) in [5.74, 6) is 0.740. The van der Waals surface area contributed by atoms with Crippen molar-refractivity contribution in [3.63, 3.8) is 0 Å². The van der Waals surface area contributed by atoms with Crippen LogP contribution in [0.1, 0.15) is 38.8 Å². The Morgan fingerprint density at radius 1 is 1.13 bits per heavy atom. The van der Waals surface area contributed by atoms with E-state index >= 15 is 0 Å². The lowest BCUT2D eigenvalue weighted by Gasteiger charge is -2.31. The predicted octanol–water partition coefficient (Wildman–Crippen LogP) is 5.67. The van der Waals surface area contributed by atoms with E-state index in [2.05, 4.69) is 21.2 Å². The van der Waals surface area contributed by atoms with Gasteiger partial charge in [0.15, 0.2) is 0 Å². The molecule has 2 rings (SSSR count). The average molecular weight is 512 g/mol. The van der Waals surface area contributed by atoms with Gasteiger partial charge in [0.25, 0.3) is 0 Å². The van der Waals surface area contributed by atoms with Crippen molar-refractivity contribution in [2.45, 2.75) is 51.6 Å². The van der Waals surface area contributed by atoms with Crippen LogP contribution in [0.3, 0.4) is 0 Å². The third kappa shape index (κ3) is 7.97. The van der Waals surface area contributed by atoms with Gasteiger partial charge in [0.1, 0.15) is 6.04 Å². The number of rotatable bonds is 8. The summed E-state index contributed by atoms with van der Waals surface area (Å²) in [5.41, 5.74) is 1.59. The molecule has 4 nitrogen and oxygen atoms in total. The van der Waals surface area contributed by atoms with Crippen molar-refractivity contribution < 1.29 is 9.59 Å². The highest BCUT2D eigenvalue weighted by atomic mass is 79.9. The lowest BCUT2D eigenvalue weighted by atomic mass is 10.1. The summed E-state index contributed by atoms with van der Waals surface area (Å²) < 4.78 is 1.02. The number of hydrogen-bond donors (Lipinski definition) is 1. The van der Waals surface area contributed by atoms with Crippen LogP contribution in [0.2, 0.25) is 5.02 Å². The molecule has 0 saturated carbocycles. The molecule has 0 aliphatic rings. The Morgan fingerprint density at radius 3 is 2.37 bits per heavy atom. The second-order valence-corrected chi connectivity index (χ2v) is 10.5. The standard InChI is InChI=1S/C23H28BrClN2O2S/c1-16(22(29)26-23(2,3)4)27(13-18-7-5-6-8-20(18)25)21(28)15-30-14-17-9-11-19(24)12-10-17/h5-12,16H,13-15H2,1-4H3,(H,26,29)/t16-/m1/s1. The molecule has 30 heavy (non-hydrogen) atoms. The van der Waals surface area contributed by atoms with E-state index in [9.17, 15) is 9.59 Å². The van der Waals surface area contributed by atoms with Crippen molar-refractivity contribution in [3.05, 3.63) is 69.2 Å². The van der Waals surface area contributed by atoms with Gasteiger partial charge in [-0.15, -0.1) is 11.8 Å². The van der Waals surface area contributed by atoms with Crippen LogP contribution in [0, 0.1) is 0 Å². The quantitative estimate of drug-likeness (QED) is 0.497. The zero-order chi connectivity index (χ0) is 22.3. The van der Waals surface area contributed by atoms with E-state index in [4.69, 9.17) is 11.6 Å². The molecule has 2 amide bonds. The fraction of sp³-hybridized carbons (Fsp3) is 0.391. The fourth-order valence-electron chi connectivity index (χ4n) is 2.79. The summed E-state index contributed by atoms with van der Waals surface area (Å²) in [6, 6.07) is 14.8. The average Bonchev–Trinajstić information content (AvgIpc) is 2.67. The molecule has 1 N–H and O–H groups in total. The molecule has 2 aromatic rings. The summed E-state index contributed by atoms with van der Waals surface area (Å²) in [7, 11) is 0. The van der Waals surface area contributed by atoms with Gasteiger partial charge in [0.2, 0.25) is 11.8 Å². The number of hydrogen-bond acceptors (Lipinski definition) is 3. The summed E-state index contributed by atoms with van der Waals surface area (Å²) in [6.45, 7) is 7.81. The minimum Gasteiger partial charge on any atom is -0.350 e. The summed E-state index contributed by atoms with van der Waals surface area (Å²) in [4.78, 5) is 27.5. The molecule has 2 aromatic carbocycles. The number of carbonyl (C=O) groups excluding carboxylic acids is 2. The first-order chi connectivity index (χ1) is 14.1. The first kappa shape index (κ1) is 24.8. The molecule has 0 unspecified atom stereocenters. The second kappa shape index (κ2) is 11.2. The molecule has 0 fully saturated rings. The third-order valence-electron chi connectivity index (χ3n) is 4.37. The maximum Gasteiger partial charge on any atom is 0.242 e. The number of amides is 2. The van der Waals surface area contributed by atoms with Crippen molar-refractivity contribution >= 4 is 51.1 Å². The smallest absolute Gasteiger partial charge is 0.242 e. The largest absolute Gasteiger partial charge is 0.350 e. The minimum absolute atomic E-state index is 0.0893. The van der Waals surface area contributed by atoms with E-state index in [0.717, 1.165) is 21.4 Å². The van der Waals surface area contributed by atoms with E-state index in [0.29, 0.717) is 5.02 Å². The molecule has 0 saturated heterocycles. The van der Waals surface area contributed by atoms with E-state index in [1.54, 1.807) is 17.9 Å². The van der Waals surface area contributed by atoms with Crippen LogP contribution in [-0.4, -0.2) is 34.0 Å². The SMILES string of the molecule is C[C@H](C(=O)NC(C)(C)C)N(Cc1ccccc1Cl)C(=O)CSCc1ccc(Br)cc1. The molecule has 0 spiro atoms. The van der Waals surface area contributed by atoms with Gasteiger partial charge in [0, 0.05) is 27.3 Å². The number of nitrogens with one attached hydrogen (secondary N) is 1. The fourth-order valence-corrected chi connectivity index (χ4v) is 4.12. The first-order valence-electron chi connectivity index (χ1n) is 9.74. The monoisotopic (exact) mass is 510 g/mol. The van der Waals surface area contributed by atoms with E-state index in [-0.39, 0.29) is 29.7 Å². The molecule has 0 heterocycles. The minimum atomic E-state index is -0.610. The second-order valence-electron chi connectivity index (χ2n) is 8.15. The van der Waals surface area contributed by atoms with Gasteiger partial charge >= 0.3 is 0 Å². The first-order valence-corrected chi connectivity index (χ1v) is 12.1. The molecular formula is C23H28BrClN2O2S. The zero-order valence-corrected chi connectivity index (χ0v) is 20.9. The van der Waals surface area contributed by atoms with Crippen LogP contribution in [0.4, 0.5) is 0 Å². The van der Waals surface area contributed by atoms with Crippen molar-refractivity contribution in [2.75, 3.05) is 5.75 Å². The maximum absolute atomic E-state index is 13.1. The van der Waals surface area contributed by atoms with Crippen LogP contribution in [0.15, 0.2) is 53.0 Å². The third-order valence-corrected chi connectivity index (χ3v) is 6.26. The summed E-state index contributed by atoms with van der Waals surface area (Å²) in [6.07, 6.45) is 0. The van der Waals surface area contributed by atoms with E-state index in [1.165, 1.54) is 11.8 Å². The van der Waals surface area contributed by atoms with Crippen molar-refractivity contribution in [1.82, 2.24) is 10.2 Å². The summed E-state index contributed by atoms with van der Waals surface area (Å²) >= 11 is 11.3. The van der Waals surface area contributed by atoms with Gasteiger partial charge in [-0.05, 0) is 57.0 Å². The van der Waals surface area contributed by atoms with Crippen molar-refractivity contribution in [3.8, 4) is 0 Å². The van der Waals surface area contributed by atoms with Gasteiger partial charge in [0.05, 0.1) is 5.75 Å². The number of carbonyl (C=O) groups is 2. The van der Waals surface area contributed by atoms with Gasteiger partial charge < -0.3 is 10.2 Å². The van der Waals surface area contributed by atoms with E-state index in [1.807, 2.05) is 63.2 Å². The Morgan fingerprint density at radius 2 is 1.77 bits per heavy atom. The van der Waals surface area contributed by atoms with Gasteiger partial charge in [-0.3, -0.25) is 9.59 Å². The molecule has 1 atom stereocenters. The molecule has 0 aliphatic carbocycles. The molecule has 0 aliphatic heterocycles. The van der Waals surface area contributed by atoms with E-state index < -0.39 is 6.04 Å². The number of halogens is 2. The molecule has 0 radical (unpaired) electrons. The van der Waals surface area contributed by atoms with Crippen molar-refractivity contribution in [2.24, 2.45) is 0 Å². The maximum atomic E-state index is 13.1. The van der Waals surface area contributed by atoms with Crippen molar-refractivity contribution in [1.29, 1.82) is 0 Å². The van der Waals surface area contributed by atoms with Gasteiger partial charge in [-0.25, -0.2) is 0 Å². The molecule has 162 valence electrons. The Kier molecular flexibility index (Phi) is 9.26. The summed E-state index contributed by atoms with van der Waals surface area (Å²) in [5, 5.41) is 3.55.